The molecule has 0 bridgehead atoms. The number of furan rings is 1. The molecular formula is C46H29NO. The summed E-state index contributed by atoms with van der Waals surface area (Å²) >= 11 is 0. The highest BCUT2D eigenvalue weighted by Crippen LogP contribution is 2.45. The highest BCUT2D eigenvalue weighted by Gasteiger charge is 2.20. The topological polar surface area (TPSA) is 16.4 Å². The third-order valence-corrected chi connectivity index (χ3v) is 9.80. The molecule has 0 aliphatic rings. The lowest BCUT2D eigenvalue weighted by molar-refractivity contribution is 0.672. The molecule has 0 fully saturated rings. The van der Waals surface area contributed by atoms with E-state index < -0.39 is 0 Å². The van der Waals surface area contributed by atoms with E-state index in [0.717, 1.165) is 44.4 Å². The SMILES string of the molecule is c1ccc2cc(N(c3ccc(-c4ccc5c(ccc6ccccc65)c4)cc3)c3cccc4oc5c6ccccc6ccc5c34)ccc2c1. The van der Waals surface area contributed by atoms with E-state index in [1.54, 1.807) is 0 Å². The van der Waals surface area contributed by atoms with Crippen LogP contribution in [-0.2, 0) is 0 Å². The molecule has 0 amide bonds. The first-order valence-electron chi connectivity index (χ1n) is 16.4. The Kier molecular flexibility index (Phi) is 5.91. The highest BCUT2D eigenvalue weighted by atomic mass is 16.3. The molecule has 1 heterocycles. The molecule has 0 N–H and O–H groups in total. The molecule has 0 spiro atoms. The fourth-order valence-corrected chi connectivity index (χ4v) is 7.46. The molecule has 224 valence electrons. The summed E-state index contributed by atoms with van der Waals surface area (Å²) in [4.78, 5) is 2.37. The molecule has 0 atom stereocenters. The van der Waals surface area contributed by atoms with Crippen molar-refractivity contribution in [1.29, 1.82) is 0 Å². The van der Waals surface area contributed by atoms with E-state index in [1.807, 2.05) is 0 Å². The summed E-state index contributed by atoms with van der Waals surface area (Å²) in [5.74, 6) is 0. The van der Waals surface area contributed by atoms with E-state index in [4.69, 9.17) is 4.42 Å². The van der Waals surface area contributed by atoms with Crippen molar-refractivity contribution >= 4 is 82.1 Å². The molecule has 0 saturated carbocycles. The highest BCUT2D eigenvalue weighted by molar-refractivity contribution is 6.19. The predicted octanol–water partition coefficient (Wildman–Crippen LogP) is 13.3. The van der Waals surface area contributed by atoms with Gasteiger partial charge in [-0.2, -0.15) is 0 Å². The summed E-state index contributed by atoms with van der Waals surface area (Å²) < 4.78 is 6.61. The molecule has 9 aromatic carbocycles. The average molecular weight is 612 g/mol. The van der Waals surface area contributed by atoms with Gasteiger partial charge in [0.05, 0.1) is 11.1 Å². The normalized spacial score (nSPS) is 11.8. The Balaban J connectivity index is 1.15. The minimum atomic E-state index is 0.880. The maximum absolute atomic E-state index is 6.61. The van der Waals surface area contributed by atoms with Crippen molar-refractivity contribution in [3.63, 3.8) is 0 Å². The first kappa shape index (κ1) is 26.8. The van der Waals surface area contributed by atoms with Crippen LogP contribution in [0.5, 0.6) is 0 Å². The molecule has 2 nitrogen and oxygen atoms in total. The predicted molar refractivity (Wildman–Crippen MR) is 204 cm³/mol. The lowest BCUT2D eigenvalue weighted by Gasteiger charge is -2.27. The van der Waals surface area contributed by atoms with Crippen molar-refractivity contribution in [3.8, 4) is 11.1 Å². The van der Waals surface area contributed by atoms with Gasteiger partial charge in [0, 0.05) is 22.1 Å². The lowest BCUT2D eigenvalue weighted by atomic mass is 9.97. The number of rotatable bonds is 4. The summed E-state index contributed by atoms with van der Waals surface area (Å²) in [7, 11) is 0. The van der Waals surface area contributed by atoms with Gasteiger partial charge in [-0.15, -0.1) is 0 Å². The van der Waals surface area contributed by atoms with E-state index in [0.29, 0.717) is 0 Å². The second-order valence-corrected chi connectivity index (χ2v) is 12.6. The molecule has 0 unspecified atom stereocenters. The summed E-state index contributed by atoms with van der Waals surface area (Å²) in [6.07, 6.45) is 0. The van der Waals surface area contributed by atoms with Crippen LogP contribution in [0.3, 0.4) is 0 Å². The largest absolute Gasteiger partial charge is 0.455 e. The van der Waals surface area contributed by atoms with Crippen molar-refractivity contribution in [3.05, 3.63) is 176 Å². The summed E-state index contributed by atoms with van der Waals surface area (Å²) in [6.45, 7) is 0. The molecule has 10 aromatic rings. The Morgan fingerprint density at radius 3 is 1.81 bits per heavy atom. The Labute approximate surface area is 277 Å². The minimum Gasteiger partial charge on any atom is -0.455 e. The van der Waals surface area contributed by atoms with Crippen molar-refractivity contribution in [2.45, 2.75) is 0 Å². The summed E-state index contributed by atoms with van der Waals surface area (Å²) in [6, 6.07) is 63.3. The fourth-order valence-electron chi connectivity index (χ4n) is 7.46. The Hall–Kier alpha value is -6.38. The molecular weight excluding hydrogens is 583 g/mol. The van der Waals surface area contributed by atoms with Crippen LogP contribution in [0.4, 0.5) is 17.1 Å². The standard InChI is InChI=1S/C46H29NO/c1-2-11-34-29-38(25-20-30(34)8-1)47(43-14-7-15-44-45(43)42-27-21-33-10-4-6-13-41(33)46(42)48-44)37-23-18-31(19-24-37)35-22-26-40-36(28-35)17-16-32-9-3-5-12-39(32)40/h1-29H. The first-order chi connectivity index (χ1) is 23.8. The zero-order valence-electron chi connectivity index (χ0n) is 26.1. The molecule has 48 heavy (non-hydrogen) atoms. The average Bonchev–Trinajstić information content (AvgIpc) is 3.55. The van der Waals surface area contributed by atoms with Gasteiger partial charge in [-0.3, -0.25) is 0 Å². The summed E-state index contributed by atoms with van der Waals surface area (Å²) in [5.41, 5.74) is 7.47. The van der Waals surface area contributed by atoms with E-state index >= 15 is 0 Å². The number of hydrogen-bond donors (Lipinski definition) is 0. The molecule has 2 heteroatoms. The zero-order valence-corrected chi connectivity index (χ0v) is 26.1. The van der Waals surface area contributed by atoms with Gasteiger partial charge in [0.15, 0.2) is 0 Å². The van der Waals surface area contributed by atoms with Gasteiger partial charge in [0.25, 0.3) is 0 Å². The minimum absolute atomic E-state index is 0.880. The quantitative estimate of drug-likeness (QED) is 0.184. The zero-order chi connectivity index (χ0) is 31.6. The van der Waals surface area contributed by atoms with E-state index in [9.17, 15) is 0 Å². The number of benzene rings is 9. The van der Waals surface area contributed by atoms with E-state index in [1.165, 1.54) is 48.8 Å². The molecule has 0 radical (unpaired) electrons. The van der Waals surface area contributed by atoms with Gasteiger partial charge in [-0.1, -0.05) is 127 Å². The first-order valence-corrected chi connectivity index (χ1v) is 16.4. The van der Waals surface area contributed by atoms with Crippen LogP contribution >= 0.6 is 0 Å². The van der Waals surface area contributed by atoms with Crippen LogP contribution in [0.15, 0.2) is 180 Å². The van der Waals surface area contributed by atoms with Crippen molar-refractivity contribution in [2.75, 3.05) is 4.90 Å². The smallest absolute Gasteiger partial charge is 0.143 e. The van der Waals surface area contributed by atoms with Gasteiger partial charge in [0.1, 0.15) is 11.2 Å². The van der Waals surface area contributed by atoms with Crippen LogP contribution in [0.1, 0.15) is 0 Å². The Morgan fingerprint density at radius 1 is 0.354 bits per heavy atom. The number of fused-ring (bicyclic) bond motifs is 9. The van der Waals surface area contributed by atoms with Crippen LogP contribution < -0.4 is 4.90 Å². The Morgan fingerprint density at radius 2 is 0.958 bits per heavy atom. The maximum Gasteiger partial charge on any atom is 0.143 e. The summed E-state index contributed by atoms with van der Waals surface area (Å²) in [5, 5.41) is 12.0. The lowest BCUT2D eigenvalue weighted by Crippen LogP contribution is -2.10. The Bertz CT molecular complexity index is 2840. The van der Waals surface area contributed by atoms with Crippen LogP contribution in [-0.4, -0.2) is 0 Å². The molecule has 10 rings (SSSR count). The third kappa shape index (κ3) is 4.20. The van der Waals surface area contributed by atoms with Crippen molar-refractivity contribution in [1.82, 2.24) is 0 Å². The number of nitrogens with zero attached hydrogens (tertiary/aromatic N) is 1. The molecule has 0 aliphatic heterocycles. The number of anilines is 3. The second-order valence-electron chi connectivity index (χ2n) is 12.6. The fraction of sp³-hybridized carbons (Fsp3) is 0. The second kappa shape index (κ2) is 10.6. The third-order valence-electron chi connectivity index (χ3n) is 9.80. The molecule has 0 saturated heterocycles. The van der Waals surface area contributed by atoms with Crippen molar-refractivity contribution in [2.24, 2.45) is 0 Å². The van der Waals surface area contributed by atoms with Gasteiger partial charge in [-0.05, 0) is 97.4 Å². The number of hydrogen-bond acceptors (Lipinski definition) is 2. The van der Waals surface area contributed by atoms with Gasteiger partial charge in [0.2, 0.25) is 0 Å². The van der Waals surface area contributed by atoms with Gasteiger partial charge >= 0.3 is 0 Å². The van der Waals surface area contributed by atoms with Crippen LogP contribution in [0, 0.1) is 0 Å². The van der Waals surface area contributed by atoms with E-state index in [-0.39, 0.29) is 0 Å². The van der Waals surface area contributed by atoms with Crippen LogP contribution in [0.2, 0.25) is 0 Å². The van der Waals surface area contributed by atoms with Crippen LogP contribution in [0.25, 0.3) is 76.2 Å². The monoisotopic (exact) mass is 611 g/mol. The van der Waals surface area contributed by atoms with Crippen molar-refractivity contribution < 1.29 is 4.42 Å². The maximum atomic E-state index is 6.61. The van der Waals surface area contributed by atoms with Gasteiger partial charge < -0.3 is 9.32 Å². The van der Waals surface area contributed by atoms with E-state index in [2.05, 4.69) is 181 Å². The molecule has 1 aromatic heterocycles. The molecule has 0 aliphatic carbocycles. The van der Waals surface area contributed by atoms with Gasteiger partial charge in [-0.25, -0.2) is 0 Å².